The Labute approximate surface area is 163 Å². The van der Waals surface area contributed by atoms with E-state index in [0.717, 1.165) is 5.56 Å². The average Bonchev–Trinajstić information content (AvgIpc) is 2.66. The van der Waals surface area contributed by atoms with Gasteiger partial charge in [0, 0.05) is 29.8 Å². The van der Waals surface area contributed by atoms with Gasteiger partial charge < -0.3 is 15.4 Å². The lowest BCUT2D eigenvalue weighted by Gasteiger charge is -2.10. The van der Waals surface area contributed by atoms with E-state index in [9.17, 15) is 19.7 Å². The van der Waals surface area contributed by atoms with Crippen molar-refractivity contribution < 1.29 is 19.2 Å². The molecule has 0 aliphatic rings. The first-order valence-electron chi connectivity index (χ1n) is 8.91. The Morgan fingerprint density at radius 3 is 2.57 bits per heavy atom. The second kappa shape index (κ2) is 9.50. The molecule has 148 valence electrons. The van der Waals surface area contributed by atoms with Gasteiger partial charge in [-0.1, -0.05) is 26.0 Å². The predicted octanol–water partition coefficient (Wildman–Crippen LogP) is 3.52. The van der Waals surface area contributed by atoms with Gasteiger partial charge in [0.15, 0.2) is 5.75 Å². The van der Waals surface area contributed by atoms with E-state index in [1.165, 1.54) is 18.2 Å². The van der Waals surface area contributed by atoms with Gasteiger partial charge in [0.2, 0.25) is 5.91 Å². The maximum atomic E-state index is 12.4. The number of nitrogens with one attached hydrogen (secondary N) is 2. The van der Waals surface area contributed by atoms with Crippen LogP contribution in [0.5, 0.6) is 5.75 Å². The number of anilines is 1. The number of carbonyl (C=O) groups excluding carboxylic acids is 2. The van der Waals surface area contributed by atoms with Gasteiger partial charge in [-0.05, 0) is 36.8 Å². The SMILES string of the molecule is CCOc1ccc(C(=O)NCc2cccc(NC(=O)C(C)C)c2)cc1[N+](=O)[O-]. The fourth-order valence-corrected chi connectivity index (χ4v) is 2.41. The minimum absolute atomic E-state index is 0.0946. The Morgan fingerprint density at radius 2 is 1.93 bits per heavy atom. The van der Waals surface area contributed by atoms with Gasteiger partial charge in [0.25, 0.3) is 5.91 Å². The molecule has 8 heteroatoms. The van der Waals surface area contributed by atoms with Gasteiger partial charge in [0.1, 0.15) is 0 Å². The minimum atomic E-state index is -0.581. The Morgan fingerprint density at radius 1 is 1.18 bits per heavy atom. The van der Waals surface area contributed by atoms with Crippen molar-refractivity contribution in [1.29, 1.82) is 0 Å². The molecule has 2 N–H and O–H groups in total. The molecule has 2 amide bonds. The van der Waals surface area contributed by atoms with E-state index in [0.29, 0.717) is 5.69 Å². The van der Waals surface area contributed by atoms with Crippen LogP contribution in [0.15, 0.2) is 42.5 Å². The van der Waals surface area contributed by atoms with E-state index in [1.54, 1.807) is 39.0 Å². The van der Waals surface area contributed by atoms with E-state index in [2.05, 4.69) is 10.6 Å². The lowest BCUT2D eigenvalue weighted by Crippen LogP contribution is -2.23. The third-order valence-electron chi connectivity index (χ3n) is 3.89. The number of benzene rings is 2. The molecule has 0 saturated heterocycles. The lowest BCUT2D eigenvalue weighted by atomic mass is 10.1. The molecule has 0 heterocycles. The normalized spacial score (nSPS) is 10.4. The summed E-state index contributed by atoms with van der Waals surface area (Å²) in [4.78, 5) is 34.8. The van der Waals surface area contributed by atoms with Crippen molar-refractivity contribution in [3.8, 4) is 5.75 Å². The fourth-order valence-electron chi connectivity index (χ4n) is 2.41. The second-order valence-corrected chi connectivity index (χ2v) is 6.40. The highest BCUT2D eigenvalue weighted by molar-refractivity contribution is 5.95. The zero-order valence-corrected chi connectivity index (χ0v) is 16.0. The summed E-state index contributed by atoms with van der Waals surface area (Å²) in [6.07, 6.45) is 0. The van der Waals surface area contributed by atoms with Crippen molar-refractivity contribution in [2.24, 2.45) is 5.92 Å². The van der Waals surface area contributed by atoms with Crippen LogP contribution in [0.4, 0.5) is 11.4 Å². The Kier molecular flexibility index (Phi) is 7.08. The summed E-state index contributed by atoms with van der Waals surface area (Å²) >= 11 is 0. The van der Waals surface area contributed by atoms with Crippen molar-refractivity contribution in [1.82, 2.24) is 5.32 Å². The van der Waals surface area contributed by atoms with Gasteiger partial charge in [-0.3, -0.25) is 19.7 Å². The minimum Gasteiger partial charge on any atom is -0.487 e. The number of nitro groups is 1. The molecule has 2 aromatic carbocycles. The molecular formula is C20H23N3O5. The van der Waals surface area contributed by atoms with Gasteiger partial charge >= 0.3 is 5.69 Å². The van der Waals surface area contributed by atoms with E-state index in [-0.39, 0.29) is 42.0 Å². The summed E-state index contributed by atoms with van der Waals surface area (Å²) in [6, 6.07) is 11.2. The Hall–Kier alpha value is -3.42. The van der Waals surface area contributed by atoms with Crippen molar-refractivity contribution in [2.75, 3.05) is 11.9 Å². The predicted molar refractivity (Wildman–Crippen MR) is 105 cm³/mol. The molecule has 0 aliphatic carbocycles. The first-order valence-corrected chi connectivity index (χ1v) is 8.91. The average molecular weight is 385 g/mol. The summed E-state index contributed by atoms with van der Waals surface area (Å²) in [6.45, 7) is 5.83. The number of nitrogens with zero attached hydrogens (tertiary/aromatic N) is 1. The van der Waals surface area contributed by atoms with Gasteiger partial charge in [-0.25, -0.2) is 0 Å². The fraction of sp³-hybridized carbons (Fsp3) is 0.300. The van der Waals surface area contributed by atoms with Crippen LogP contribution in [0.2, 0.25) is 0 Å². The number of carbonyl (C=O) groups is 2. The van der Waals surface area contributed by atoms with Crippen LogP contribution in [-0.4, -0.2) is 23.3 Å². The topological polar surface area (TPSA) is 111 Å². The van der Waals surface area contributed by atoms with Crippen LogP contribution in [0.25, 0.3) is 0 Å². The second-order valence-electron chi connectivity index (χ2n) is 6.40. The van der Waals surface area contributed by atoms with Crippen LogP contribution in [0.3, 0.4) is 0 Å². The number of hydrogen-bond acceptors (Lipinski definition) is 5. The molecule has 0 radical (unpaired) electrons. The van der Waals surface area contributed by atoms with Gasteiger partial charge in [0.05, 0.1) is 11.5 Å². The summed E-state index contributed by atoms with van der Waals surface area (Å²) in [5, 5.41) is 16.7. The lowest BCUT2D eigenvalue weighted by molar-refractivity contribution is -0.385. The number of nitro benzene ring substituents is 1. The third kappa shape index (κ3) is 5.54. The summed E-state index contributed by atoms with van der Waals surface area (Å²) in [5.74, 6) is -0.554. The maximum absolute atomic E-state index is 12.4. The standard InChI is InChI=1S/C20H23N3O5/c1-4-28-18-9-8-15(11-17(18)23(26)27)20(25)21-12-14-6-5-7-16(10-14)22-19(24)13(2)3/h5-11,13H,4,12H2,1-3H3,(H,21,25)(H,22,24). The van der Waals surface area contributed by atoms with Crippen molar-refractivity contribution >= 4 is 23.2 Å². The smallest absolute Gasteiger partial charge is 0.311 e. The molecule has 28 heavy (non-hydrogen) atoms. The van der Waals surface area contributed by atoms with Gasteiger partial charge in [-0.2, -0.15) is 0 Å². The first-order chi connectivity index (χ1) is 13.3. The highest BCUT2D eigenvalue weighted by Crippen LogP contribution is 2.28. The molecule has 8 nitrogen and oxygen atoms in total. The molecule has 2 aromatic rings. The maximum Gasteiger partial charge on any atom is 0.311 e. The number of amides is 2. The number of hydrogen-bond donors (Lipinski definition) is 2. The van der Waals surface area contributed by atoms with Crippen LogP contribution in [0.1, 0.15) is 36.7 Å². The number of ether oxygens (including phenoxy) is 1. The van der Waals surface area contributed by atoms with Crippen molar-refractivity contribution in [3.05, 3.63) is 63.7 Å². The van der Waals surface area contributed by atoms with E-state index < -0.39 is 10.8 Å². The molecule has 0 saturated carbocycles. The van der Waals surface area contributed by atoms with Gasteiger partial charge in [-0.15, -0.1) is 0 Å². The Balaban J connectivity index is 2.07. The van der Waals surface area contributed by atoms with Crippen LogP contribution in [0, 0.1) is 16.0 Å². The summed E-state index contributed by atoms with van der Waals surface area (Å²) < 4.78 is 5.22. The zero-order valence-electron chi connectivity index (χ0n) is 16.0. The summed E-state index contributed by atoms with van der Waals surface area (Å²) in [5.41, 5.74) is 1.34. The molecule has 2 rings (SSSR count). The zero-order chi connectivity index (χ0) is 20.7. The first kappa shape index (κ1) is 20.9. The molecule has 0 bridgehead atoms. The molecule has 0 atom stereocenters. The van der Waals surface area contributed by atoms with Crippen LogP contribution >= 0.6 is 0 Å². The van der Waals surface area contributed by atoms with Crippen molar-refractivity contribution in [2.45, 2.75) is 27.3 Å². The van der Waals surface area contributed by atoms with Crippen LogP contribution in [-0.2, 0) is 11.3 Å². The quantitative estimate of drug-likeness (QED) is 0.533. The molecule has 0 aliphatic heterocycles. The largest absolute Gasteiger partial charge is 0.487 e. The molecule has 0 fully saturated rings. The van der Waals surface area contributed by atoms with E-state index >= 15 is 0 Å². The van der Waals surface area contributed by atoms with Crippen molar-refractivity contribution in [3.63, 3.8) is 0 Å². The molecule has 0 spiro atoms. The third-order valence-corrected chi connectivity index (χ3v) is 3.89. The van der Waals surface area contributed by atoms with Crippen LogP contribution < -0.4 is 15.4 Å². The van der Waals surface area contributed by atoms with E-state index in [1.807, 2.05) is 6.07 Å². The van der Waals surface area contributed by atoms with E-state index in [4.69, 9.17) is 4.74 Å². The highest BCUT2D eigenvalue weighted by Gasteiger charge is 2.18. The summed E-state index contributed by atoms with van der Waals surface area (Å²) in [7, 11) is 0. The number of rotatable bonds is 8. The molecular weight excluding hydrogens is 362 g/mol. The highest BCUT2D eigenvalue weighted by atomic mass is 16.6. The Bertz CT molecular complexity index is 880. The molecule has 0 aromatic heterocycles. The molecule has 0 unspecified atom stereocenters. The monoisotopic (exact) mass is 385 g/mol.